The van der Waals surface area contributed by atoms with Crippen LogP contribution < -0.4 is 0 Å². The summed E-state index contributed by atoms with van der Waals surface area (Å²) in [7, 11) is 0. The molecule has 0 aliphatic carbocycles. The van der Waals surface area contributed by atoms with Crippen molar-refractivity contribution >= 4 is 5.97 Å². The Morgan fingerprint density at radius 2 is 1.56 bits per heavy atom. The van der Waals surface area contributed by atoms with Gasteiger partial charge in [-0.3, -0.25) is 4.79 Å². The Kier molecular flexibility index (Phi) is 8.99. The van der Waals surface area contributed by atoms with Gasteiger partial charge in [-0.2, -0.15) is 12.1 Å². The SMILES string of the molecule is CC(C)COC(=O)[c-]1cccc1.[Fe].[cH-]1[cH-][cH-][cH-][cH-]1. The third kappa shape index (κ3) is 7.10. The Balaban J connectivity index is 0.000000405. The third-order valence-electron chi connectivity index (χ3n) is 2.00. The fraction of sp³-hybridized carbons (Fsp3) is 0.267. The van der Waals surface area contributed by atoms with E-state index in [1.165, 1.54) is 0 Å². The molecule has 0 N–H and O–H groups in total. The number of hydrogen-bond acceptors (Lipinski definition) is 2. The summed E-state index contributed by atoms with van der Waals surface area (Å²) in [6.45, 7) is 4.51. The summed E-state index contributed by atoms with van der Waals surface area (Å²) in [4.78, 5) is 11.2. The molecule has 18 heavy (non-hydrogen) atoms. The first-order valence-corrected chi connectivity index (χ1v) is 5.75. The summed E-state index contributed by atoms with van der Waals surface area (Å²) < 4.78 is 5.01. The monoisotopic (exact) mass is 286 g/mol. The summed E-state index contributed by atoms with van der Waals surface area (Å²) in [5, 5.41) is 0. The quantitative estimate of drug-likeness (QED) is 0.489. The van der Waals surface area contributed by atoms with Crippen LogP contribution in [0.2, 0.25) is 0 Å². The van der Waals surface area contributed by atoms with E-state index in [9.17, 15) is 4.79 Å². The third-order valence-corrected chi connectivity index (χ3v) is 2.00. The topological polar surface area (TPSA) is 26.3 Å². The van der Waals surface area contributed by atoms with Gasteiger partial charge < -0.3 is 35.1 Å². The molecule has 0 saturated carbocycles. The van der Waals surface area contributed by atoms with Gasteiger partial charge in [0.2, 0.25) is 0 Å². The maximum absolute atomic E-state index is 11.2. The first-order valence-electron chi connectivity index (χ1n) is 5.75. The van der Waals surface area contributed by atoms with Crippen LogP contribution in [0, 0.1) is 5.92 Å². The van der Waals surface area contributed by atoms with Gasteiger partial charge in [0, 0.05) is 17.1 Å². The molecule has 2 rings (SSSR count). The Morgan fingerprint density at radius 3 is 1.94 bits per heavy atom. The maximum atomic E-state index is 11.2. The predicted molar refractivity (Wildman–Crippen MR) is 69.2 cm³/mol. The van der Waals surface area contributed by atoms with Gasteiger partial charge in [0.05, 0.1) is 6.61 Å². The van der Waals surface area contributed by atoms with Gasteiger partial charge in [-0.1, -0.05) is 19.4 Å². The molecule has 0 aromatic heterocycles. The Morgan fingerprint density at radius 1 is 1.11 bits per heavy atom. The molecule has 3 heteroatoms. The molecule has 0 radical (unpaired) electrons. The van der Waals surface area contributed by atoms with Crippen molar-refractivity contribution in [2.45, 2.75) is 13.8 Å². The zero-order valence-electron chi connectivity index (χ0n) is 10.7. The number of rotatable bonds is 3. The van der Waals surface area contributed by atoms with E-state index in [-0.39, 0.29) is 23.0 Å². The molecule has 0 heterocycles. The molecule has 2 aromatic rings. The second-order valence-corrected chi connectivity index (χ2v) is 4.13. The Labute approximate surface area is 119 Å². The van der Waals surface area contributed by atoms with Crippen molar-refractivity contribution in [3.63, 3.8) is 0 Å². The Hall–Kier alpha value is -1.31. The van der Waals surface area contributed by atoms with E-state index in [0.29, 0.717) is 18.1 Å². The van der Waals surface area contributed by atoms with Crippen LogP contribution >= 0.6 is 0 Å². The normalized spacial score (nSPS) is 9.06. The standard InChI is InChI=1S/C10H13O2.C5H5.Fe/c1-8(2)7-12-10(11)9-5-3-4-6-9;1-2-4-5-3-1;/h3-6,8H,7H2,1-2H3;1-5H;/q-1;-5;. The minimum absolute atomic E-state index is 0. The fourth-order valence-corrected chi connectivity index (χ4v) is 1.16. The molecule has 0 fully saturated rings. The summed E-state index contributed by atoms with van der Waals surface area (Å²) in [5.41, 5.74) is 0.635. The van der Waals surface area contributed by atoms with Gasteiger partial charge in [0.1, 0.15) is 0 Å². The molecule has 0 aliphatic rings. The summed E-state index contributed by atoms with van der Waals surface area (Å²) in [6.07, 6.45) is 0. The molecule has 0 bridgehead atoms. The second-order valence-electron chi connectivity index (χ2n) is 4.13. The van der Waals surface area contributed by atoms with Crippen molar-refractivity contribution in [3.05, 3.63) is 60.2 Å². The predicted octanol–water partition coefficient (Wildman–Crippen LogP) is 3.62. The van der Waals surface area contributed by atoms with Crippen molar-refractivity contribution in [1.29, 1.82) is 0 Å². The molecule has 0 atom stereocenters. The van der Waals surface area contributed by atoms with E-state index in [4.69, 9.17) is 4.74 Å². The first-order chi connectivity index (χ1) is 8.20. The molecule has 0 spiro atoms. The van der Waals surface area contributed by atoms with Crippen LogP contribution in [0.25, 0.3) is 0 Å². The van der Waals surface area contributed by atoms with Crippen LogP contribution in [0.1, 0.15) is 24.2 Å². The minimum Gasteiger partial charge on any atom is -0.748 e. The average molecular weight is 286 g/mol. The molecule has 104 valence electrons. The van der Waals surface area contributed by atoms with Crippen LogP contribution in [0.4, 0.5) is 0 Å². The molecular weight excluding hydrogens is 268 g/mol. The van der Waals surface area contributed by atoms with Gasteiger partial charge in [-0.15, -0.1) is 0 Å². The van der Waals surface area contributed by atoms with Gasteiger partial charge in [0.15, 0.2) is 0 Å². The summed E-state index contributed by atoms with van der Waals surface area (Å²) >= 11 is 0. The average Bonchev–Trinajstić information content (AvgIpc) is 2.99. The van der Waals surface area contributed by atoms with Gasteiger partial charge in [-0.05, 0) is 5.92 Å². The number of carbonyl (C=O) groups is 1. The van der Waals surface area contributed by atoms with Crippen molar-refractivity contribution in [2.24, 2.45) is 5.92 Å². The molecule has 2 nitrogen and oxygen atoms in total. The van der Waals surface area contributed by atoms with E-state index in [1.807, 2.05) is 56.3 Å². The van der Waals surface area contributed by atoms with E-state index >= 15 is 0 Å². The largest absolute Gasteiger partial charge is 0.748 e. The zero-order chi connectivity index (χ0) is 12.5. The number of hydrogen-bond donors (Lipinski definition) is 0. The van der Waals surface area contributed by atoms with Crippen molar-refractivity contribution in [3.8, 4) is 0 Å². The number of carbonyl (C=O) groups excluding carboxylic acids is 1. The number of ether oxygens (including phenoxy) is 1. The minimum atomic E-state index is -0.228. The molecule has 0 saturated heterocycles. The summed E-state index contributed by atoms with van der Waals surface area (Å²) in [6, 6.07) is 17.2. The van der Waals surface area contributed by atoms with Crippen LogP contribution in [-0.2, 0) is 21.8 Å². The van der Waals surface area contributed by atoms with E-state index < -0.39 is 0 Å². The van der Waals surface area contributed by atoms with Crippen LogP contribution in [-0.4, -0.2) is 12.6 Å². The second kappa shape index (κ2) is 9.69. The fourth-order valence-electron chi connectivity index (χ4n) is 1.16. The maximum Gasteiger partial charge on any atom is 0.281 e. The van der Waals surface area contributed by atoms with Gasteiger partial charge in [-0.25, -0.2) is 12.1 Å². The van der Waals surface area contributed by atoms with E-state index in [0.717, 1.165) is 0 Å². The van der Waals surface area contributed by atoms with Gasteiger partial charge in [0.25, 0.3) is 5.97 Å². The molecule has 2 aromatic carbocycles. The summed E-state index contributed by atoms with van der Waals surface area (Å²) in [5.74, 6) is 0.164. The Bertz CT molecular complexity index is 371. The van der Waals surface area contributed by atoms with Crippen molar-refractivity contribution in [2.75, 3.05) is 6.61 Å². The first kappa shape index (κ1) is 16.7. The van der Waals surface area contributed by atoms with Gasteiger partial charge >= 0.3 is 0 Å². The molecule has 0 unspecified atom stereocenters. The van der Waals surface area contributed by atoms with Crippen LogP contribution in [0.15, 0.2) is 54.6 Å². The molecule has 0 amide bonds. The van der Waals surface area contributed by atoms with Crippen LogP contribution in [0.5, 0.6) is 0 Å². The zero-order valence-corrected chi connectivity index (χ0v) is 11.8. The van der Waals surface area contributed by atoms with Crippen molar-refractivity contribution < 1.29 is 26.6 Å². The van der Waals surface area contributed by atoms with Crippen molar-refractivity contribution in [1.82, 2.24) is 0 Å². The number of esters is 1. The van der Waals surface area contributed by atoms with E-state index in [2.05, 4.69) is 0 Å². The molecule has 0 aliphatic heterocycles. The molecular formula is C15H18FeO2-6. The smallest absolute Gasteiger partial charge is 0.281 e. The van der Waals surface area contributed by atoms with E-state index in [1.54, 1.807) is 12.1 Å². The van der Waals surface area contributed by atoms with Crippen LogP contribution in [0.3, 0.4) is 0 Å².